The predicted octanol–water partition coefficient (Wildman–Crippen LogP) is 6.74. The number of fused-ring (bicyclic) bond motifs is 1. The first kappa shape index (κ1) is 19.6. The van der Waals surface area contributed by atoms with Crippen LogP contribution in [0.5, 0.6) is 11.5 Å². The minimum absolute atomic E-state index is 0.142. The maximum atomic E-state index is 12.5. The maximum Gasteiger partial charge on any atom is 0.261 e. The molecule has 146 valence electrons. The molecule has 1 N–H and O–H groups in total. The SMILES string of the molecule is O=S(=O)(Nc1cc(Cl)c(Oc2ccc3ccccc3c2)c(Cl)c1)c1ccccc1. The number of rotatable bonds is 5. The number of hydrogen-bond acceptors (Lipinski definition) is 3. The Hall–Kier alpha value is -2.73. The van der Waals surface area contributed by atoms with Gasteiger partial charge in [-0.1, -0.05) is 71.7 Å². The van der Waals surface area contributed by atoms with Crippen molar-refractivity contribution in [2.45, 2.75) is 4.90 Å². The molecule has 0 fully saturated rings. The van der Waals surface area contributed by atoms with Gasteiger partial charge in [0.05, 0.1) is 20.6 Å². The van der Waals surface area contributed by atoms with E-state index >= 15 is 0 Å². The van der Waals surface area contributed by atoms with E-state index in [0.29, 0.717) is 5.75 Å². The van der Waals surface area contributed by atoms with Crippen molar-refractivity contribution in [3.8, 4) is 11.5 Å². The first-order valence-electron chi connectivity index (χ1n) is 8.66. The fraction of sp³-hybridized carbons (Fsp3) is 0. The van der Waals surface area contributed by atoms with Crippen LogP contribution in [-0.2, 0) is 10.0 Å². The molecule has 4 rings (SSSR count). The van der Waals surface area contributed by atoms with E-state index in [1.165, 1.54) is 24.3 Å². The van der Waals surface area contributed by atoms with Crippen molar-refractivity contribution in [1.29, 1.82) is 0 Å². The van der Waals surface area contributed by atoms with Crippen LogP contribution in [-0.4, -0.2) is 8.42 Å². The summed E-state index contributed by atoms with van der Waals surface area (Å²) in [5.74, 6) is 0.830. The molecule has 0 spiro atoms. The molecule has 0 aliphatic heterocycles. The van der Waals surface area contributed by atoms with Crippen molar-refractivity contribution in [2.75, 3.05) is 4.72 Å². The quantitative estimate of drug-likeness (QED) is 0.371. The highest BCUT2D eigenvalue weighted by atomic mass is 35.5. The van der Waals surface area contributed by atoms with Gasteiger partial charge in [0, 0.05) is 0 Å². The smallest absolute Gasteiger partial charge is 0.261 e. The summed E-state index contributed by atoms with van der Waals surface area (Å²) in [4.78, 5) is 0.142. The monoisotopic (exact) mass is 443 g/mol. The van der Waals surface area contributed by atoms with Crippen LogP contribution in [0.2, 0.25) is 10.0 Å². The molecule has 0 aromatic heterocycles. The Balaban J connectivity index is 1.61. The zero-order valence-corrected chi connectivity index (χ0v) is 17.3. The summed E-state index contributed by atoms with van der Waals surface area (Å²) in [6, 6.07) is 24.5. The molecule has 7 heteroatoms. The van der Waals surface area contributed by atoms with E-state index in [1.54, 1.807) is 18.2 Å². The number of anilines is 1. The van der Waals surface area contributed by atoms with Gasteiger partial charge in [0.1, 0.15) is 5.75 Å². The Bertz CT molecular complexity index is 1270. The van der Waals surface area contributed by atoms with E-state index in [9.17, 15) is 8.42 Å². The Kier molecular flexibility index (Phi) is 5.37. The van der Waals surface area contributed by atoms with Crippen LogP contribution >= 0.6 is 23.2 Å². The van der Waals surface area contributed by atoms with Crippen LogP contribution in [0.3, 0.4) is 0 Å². The fourth-order valence-corrected chi connectivity index (χ4v) is 4.50. The molecule has 0 heterocycles. The highest BCUT2D eigenvalue weighted by Crippen LogP contribution is 2.39. The lowest BCUT2D eigenvalue weighted by atomic mass is 10.1. The fourth-order valence-electron chi connectivity index (χ4n) is 2.88. The second-order valence-electron chi connectivity index (χ2n) is 6.30. The molecular formula is C22H15Cl2NO3S. The molecule has 4 aromatic rings. The maximum absolute atomic E-state index is 12.5. The van der Waals surface area contributed by atoms with E-state index in [4.69, 9.17) is 27.9 Å². The summed E-state index contributed by atoms with van der Waals surface area (Å²) in [6.07, 6.45) is 0. The third-order valence-corrected chi connectivity index (χ3v) is 6.20. The van der Waals surface area contributed by atoms with Crippen molar-refractivity contribution in [3.63, 3.8) is 0 Å². The van der Waals surface area contributed by atoms with E-state index in [-0.39, 0.29) is 26.4 Å². The van der Waals surface area contributed by atoms with Gasteiger partial charge in [0.2, 0.25) is 0 Å². The lowest BCUT2D eigenvalue weighted by Gasteiger charge is -2.13. The summed E-state index contributed by atoms with van der Waals surface area (Å²) in [7, 11) is -3.75. The summed E-state index contributed by atoms with van der Waals surface area (Å²) in [5, 5.41) is 2.49. The van der Waals surface area contributed by atoms with Crippen molar-refractivity contribution in [3.05, 3.63) is 95.0 Å². The van der Waals surface area contributed by atoms with Crippen LogP contribution in [0.4, 0.5) is 5.69 Å². The summed E-state index contributed by atoms with van der Waals surface area (Å²) < 4.78 is 33.3. The molecule has 0 radical (unpaired) electrons. The number of hydrogen-bond donors (Lipinski definition) is 1. The largest absolute Gasteiger partial charge is 0.454 e. The second kappa shape index (κ2) is 7.95. The highest BCUT2D eigenvalue weighted by molar-refractivity contribution is 7.92. The van der Waals surface area contributed by atoms with E-state index in [1.807, 2.05) is 42.5 Å². The number of benzene rings is 4. The topological polar surface area (TPSA) is 55.4 Å². The average Bonchev–Trinajstić information content (AvgIpc) is 2.71. The van der Waals surface area contributed by atoms with Crippen molar-refractivity contribution in [2.24, 2.45) is 0 Å². The normalized spacial score (nSPS) is 11.4. The average molecular weight is 444 g/mol. The number of halogens is 2. The van der Waals surface area contributed by atoms with Crippen LogP contribution < -0.4 is 9.46 Å². The Morgan fingerprint density at radius 2 is 1.34 bits per heavy atom. The van der Waals surface area contributed by atoms with Gasteiger partial charge >= 0.3 is 0 Å². The molecule has 0 unspecified atom stereocenters. The molecule has 0 atom stereocenters. The number of nitrogens with one attached hydrogen (secondary N) is 1. The third-order valence-electron chi connectivity index (χ3n) is 4.24. The molecule has 0 amide bonds. The van der Waals surface area contributed by atoms with E-state index in [2.05, 4.69) is 4.72 Å². The minimum atomic E-state index is -3.75. The minimum Gasteiger partial charge on any atom is -0.454 e. The zero-order valence-electron chi connectivity index (χ0n) is 15.0. The molecule has 0 saturated carbocycles. The van der Waals surface area contributed by atoms with Gasteiger partial charge in [-0.15, -0.1) is 0 Å². The first-order chi connectivity index (χ1) is 13.9. The standard InChI is InChI=1S/C22H15Cl2NO3S/c23-20-13-17(25-29(26,27)19-8-2-1-3-9-19)14-21(24)22(20)28-18-11-10-15-6-4-5-7-16(15)12-18/h1-14,25H. The van der Waals surface area contributed by atoms with Gasteiger partial charge in [-0.2, -0.15) is 0 Å². The Labute approximate surface area is 178 Å². The van der Waals surface area contributed by atoms with Gasteiger partial charge < -0.3 is 4.74 Å². The van der Waals surface area contributed by atoms with Crippen LogP contribution in [0.25, 0.3) is 10.8 Å². The molecule has 0 aliphatic carbocycles. The van der Waals surface area contributed by atoms with Crippen LogP contribution in [0.1, 0.15) is 0 Å². The summed E-state index contributed by atoms with van der Waals surface area (Å²) in [6.45, 7) is 0. The molecule has 0 saturated heterocycles. The van der Waals surface area contributed by atoms with Crippen molar-refractivity contribution >= 4 is 49.7 Å². The molecule has 0 bridgehead atoms. The van der Waals surface area contributed by atoms with Gasteiger partial charge in [0.25, 0.3) is 10.0 Å². The summed E-state index contributed by atoms with van der Waals surface area (Å²) >= 11 is 12.7. The van der Waals surface area contributed by atoms with Gasteiger partial charge in [-0.25, -0.2) is 8.42 Å². The molecule has 29 heavy (non-hydrogen) atoms. The number of ether oxygens (including phenoxy) is 1. The van der Waals surface area contributed by atoms with E-state index < -0.39 is 10.0 Å². The number of sulfonamides is 1. The Morgan fingerprint density at radius 3 is 2.03 bits per heavy atom. The zero-order chi connectivity index (χ0) is 20.4. The van der Waals surface area contributed by atoms with Gasteiger partial charge in [-0.3, -0.25) is 4.72 Å². The predicted molar refractivity (Wildman–Crippen MR) is 118 cm³/mol. The second-order valence-corrected chi connectivity index (χ2v) is 8.80. The lowest BCUT2D eigenvalue weighted by molar-refractivity contribution is 0.484. The first-order valence-corrected chi connectivity index (χ1v) is 10.9. The summed E-state index contributed by atoms with van der Waals surface area (Å²) in [5.41, 5.74) is 0.245. The molecular weight excluding hydrogens is 429 g/mol. The van der Waals surface area contributed by atoms with Crippen molar-refractivity contribution < 1.29 is 13.2 Å². The highest BCUT2D eigenvalue weighted by Gasteiger charge is 2.17. The van der Waals surface area contributed by atoms with Crippen LogP contribution in [0.15, 0.2) is 89.8 Å². The molecule has 0 aliphatic rings. The molecule has 4 aromatic carbocycles. The molecule has 4 nitrogen and oxygen atoms in total. The van der Waals surface area contributed by atoms with E-state index in [0.717, 1.165) is 10.8 Å². The van der Waals surface area contributed by atoms with Gasteiger partial charge in [0.15, 0.2) is 5.75 Å². The third kappa shape index (κ3) is 4.32. The lowest BCUT2D eigenvalue weighted by Crippen LogP contribution is -2.12. The van der Waals surface area contributed by atoms with Gasteiger partial charge in [-0.05, 0) is 47.2 Å². The van der Waals surface area contributed by atoms with Crippen molar-refractivity contribution in [1.82, 2.24) is 0 Å². The van der Waals surface area contributed by atoms with Crippen LogP contribution in [0, 0.1) is 0 Å². The Morgan fingerprint density at radius 1 is 0.724 bits per heavy atom.